The number of hydrogen-bond donors (Lipinski definition) is 1. The summed E-state index contributed by atoms with van der Waals surface area (Å²) in [6.45, 7) is 5.65. The quantitative estimate of drug-likeness (QED) is 0.531. The molecule has 0 saturated heterocycles. The minimum absolute atomic E-state index is 0.558. The van der Waals surface area contributed by atoms with Crippen LogP contribution in [-0.4, -0.2) is 39.8 Å². The number of hydrogen-bond acceptors (Lipinski definition) is 7. The van der Waals surface area contributed by atoms with Gasteiger partial charge >= 0.3 is 0 Å². The zero-order valence-corrected chi connectivity index (χ0v) is 15.2. The molecule has 25 heavy (non-hydrogen) atoms. The lowest BCUT2D eigenvalue weighted by Gasteiger charge is -2.07. The molecule has 0 saturated carbocycles. The second-order valence-corrected chi connectivity index (χ2v) is 7.02. The SMILES string of the molecule is COCCCNc1nc2sc(C)c(C)c2c2nc(-c3ccco3)nn12. The zero-order chi connectivity index (χ0) is 17.4. The van der Waals surface area contributed by atoms with Gasteiger partial charge in [0.25, 0.3) is 0 Å². The van der Waals surface area contributed by atoms with Crippen LogP contribution in [0.15, 0.2) is 22.8 Å². The summed E-state index contributed by atoms with van der Waals surface area (Å²) in [5.74, 6) is 1.89. The number of thiophene rings is 1. The van der Waals surface area contributed by atoms with Gasteiger partial charge in [-0.2, -0.15) is 4.52 Å². The molecule has 7 nitrogen and oxygen atoms in total. The molecule has 0 unspecified atom stereocenters. The number of nitrogens with one attached hydrogen (secondary N) is 1. The molecule has 0 amide bonds. The Hall–Kier alpha value is -2.45. The van der Waals surface area contributed by atoms with E-state index in [4.69, 9.17) is 19.1 Å². The summed E-state index contributed by atoms with van der Waals surface area (Å²) < 4.78 is 12.3. The minimum atomic E-state index is 0.558. The summed E-state index contributed by atoms with van der Waals surface area (Å²) in [7, 11) is 1.70. The van der Waals surface area contributed by atoms with E-state index in [0.29, 0.717) is 24.1 Å². The fourth-order valence-corrected chi connectivity index (χ4v) is 3.78. The highest BCUT2D eigenvalue weighted by Crippen LogP contribution is 2.33. The van der Waals surface area contributed by atoms with E-state index in [-0.39, 0.29) is 0 Å². The third-order valence-corrected chi connectivity index (χ3v) is 5.26. The number of furan rings is 1. The van der Waals surface area contributed by atoms with Gasteiger partial charge in [0, 0.05) is 25.1 Å². The molecule has 0 spiro atoms. The van der Waals surface area contributed by atoms with Crippen molar-refractivity contribution >= 4 is 33.1 Å². The molecule has 0 atom stereocenters. The van der Waals surface area contributed by atoms with Gasteiger partial charge in [-0.1, -0.05) is 0 Å². The summed E-state index contributed by atoms with van der Waals surface area (Å²) in [5.41, 5.74) is 1.99. The summed E-state index contributed by atoms with van der Waals surface area (Å²) in [6, 6.07) is 3.69. The van der Waals surface area contributed by atoms with Gasteiger partial charge in [0.05, 0.1) is 11.6 Å². The first-order valence-corrected chi connectivity index (χ1v) is 8.94. The molecule has 4 rings (SSSR count). The molecule has 0 bridgehead atoms. The van der Waals surface area contributed by atoms with Gasteiger partial charge < -0.3 is 14.5 Å². The van der Waals surface area contributed by atoms with Gasteiger partial charge in [-0.3, -0.25) is 0 Å². The fourth-order valence-electron chi connectivity index (χ4n) is 2.76. The van der Waals surface area contributed by atoms with Gasteiger partial charge in [-0.25, -0.2) is 9.97 Å². The Labute approximate surface area is 148 Å². The summed E-state index contributed by atoms with van der Waals surface area (Å²) in [6.07, 6.45) is 2.51. The van der Waals surface area contributed by atoms with Crippen LogP contribution in [0.2, 0.25) is 0 Å². The molecular formula is C17H19N5O2S. The van der Waals surface area contributed by atoms with Crippen LogP contribution in [-0.2, 0) is 4.74 Å². The number of anilines is 1. The third-order valence-electron chi connectivity index (χ3n) is 4.16. The van der Waals surface area contributed by atoms with E-state index < -0.39 is 0 Å². The first-order chi connectivity index (χ1) is 12.2. The smallest absolute Gasteiger partial charge is 0.227 e. The van der Waals surface area contributed by atoms with Crippen LogP contribution in [0.25, 0.3) is 27.4 Å². The van der Waals surface area contributed by atoms with Crippen molar-refractivity contribution in [2.24, 2.45) is 0 Å². The van der Waals surface area contributed by atoms with Crippen LogP contribution in [0.1, 0.15) is 16.9 Å². The average molecular weight is 357 g/mol. The molecule has 0 radical (unpaired) electrons. The summed E-state index contributed by atoms with van der Waals surface area (Å²) >= 11 is 1.68. The molecule has 4 heterocycles. The Balaban J connectivity index is 1.87. The van der Waals surface area contributed by atoms with E-state index in [1.165, 1.54) is 10.4 Å². The van der Waals surface area contributed by atoms with Crippen LogP contribution < -0.4 is 5.32 Å². The number of methoxy groups -OCH3 is 1. The molecule has 0 fully saturated rings. The van der Waals surface area contributed by atoms with Crippen molar-refractivity contribution in [2.45, 2.75) is 20.3 Å². The number of ether oxygens (including phenoxy) is 1. The maximum absolute atomic E-state index is 5.46. The average Bonchev–Trinajstić information content (AvgIpc) is 3.31. The van der Waals surface area contributed by atoms with Crippen LogP contribution in [0.3, 0.4) is 0 Å². The van der Waals surface area contributed by atoms with Crippen LogP contribution in [0.5, 0.6) is 0 Å². The molecule has 4 aromatic heterocycles. The fraction of sp³-hybridized carbons (Fsp3) is 0.353. The van der Waals surface area contributed by atoms with Gasteiger partial charge in [0.2, 0.25) is 11.8 Å². The van der Waals surface area contributed by atoms with Crippen molar-refractivity contribution < 1.29 is 9.15 Å². The van der Waals surface area contributed by atoms with Crippen molar-refractivity contribution in [1.29, 1.82) is 0 Å². The molecular weight excluding hydrogens is 338 g/mol. The Bertz CT molecular complexity index is 1020. The predicted molar refractivity (Wildman–Crippen MR) is 98.3 cm³/mol. The summed E-state index contributed by atoms with van der Waals surface area (Å²) in [5, 5.41) is 9.01. The number of aromatic nitrogens is 4. The van der Waals surface area contributed by atoms with Crippen molar-refractivity contribution in [3.8, 4) is 11.6 Å². The van der Waals surface area contributed by atoms with E-state index in [1.54, 1.807) is 29.2 Å². The van der Waals surface area contributed by atoms with Crippen LogP contribution in [0.4, 0.5) is 5.95 Å². The Kier molecular flexibility index (Phi) is 4.14. The molecule has 0 aromatic carbocycles. The second-order valence-electron chi connectivity index (χ2n) is 5.82. The highest BCUT2D eigenvalue weighted by Gasteiger charge is 2.19. The Morgan fingerprint density at radius 3 is 2.96 bits per heavy atom. The van der Waals surface area contributed by atoms with Gasteiger partial charge in [0.15, 0.2) is 11.4 Å². The largest absolute Gasteiger partial charge is 0.461 e. The monoisotopic (exact) mass is 357 g/mol. The third kappa shape index (κ3) is 2.77. The standard InChI is InChI=1S/C17H19N5O2S/c1-10-11(2)25-16-13(10)15-19-14(12-6-4-9-24-12)21-22(15)17(20-16)18-7-5-8-23-3/h4,6,9H,5,7-8H2,1-3H3,(H,18,20). The highest BCUT2D eigenvalue weighted by atomic mass is 32.1. The number of fused-ring (bicyclic) bond motifs is 3. The van der Waals surface area contributed by atoms with Crippen molar-refractivity contribution in [1.82, 2.24) is 19.6 Å². The van der Waals surface area contributed by atoms with E-state index in [0.717, 1.165) is 28.8 Å². The first kappa shape index (κ1) is 16.0. The molecule has 1 N–H and O–H groups in total. The summed E-state index contributed by atoms with van der Waals surface area (Å²) in [4.78, 5) is 11.7. The molecule has 4 aromatic rings. The molecule has 0 aliphatic heterocycles. The van der Waals surface area contributed by atoms with Gasteiger partial charge in [0.1, 0.15) is 4.83 Å². The maximum atomic E-state index is 5.46. The van der Waals surface area contributed by atoms with E-state index >= 15 is 0 Å². The van der Waals surface area contributed by atoms with E-state index in [9.17, 15) is 0 Å². The zero-order valence-electron chi connectivity index (χ0n) is 14.4. The molecule has 130 valence electrons. The Morgan fingerprint density at radius 2 is 2.20 bits per heavy atom. The van der Waals surface area contributed by atoms with E-state index in [2.05, 4.69) is 24.3 Å². The second kappa shape index (κ2) is 6.45. The predicted octanol–water partition coefficient (Wildman–Crippen LogP) is 3.66. The maximum Gasteiger partial charge on any atom is 0.227 e. The van der Waals surface area contributed by atoms with Gasteiger partial charge in [-0.05, 0) is 38.0 Å². The lowest BCUT2D eigenvalue weighted by atomic mass is 10.2. The molecule has 8 heteroatoms. The number of rotatable bonds is 6. The topological polar surface area (TPSA) is 77.5 Å². The highest BCUT2D eigenvalue weighted by molar-refractivity contribution is 7.18. The number of aryl methyl sites for hydroxylation is 2. The normalized spacial score (nSPS) is 11.6. The van der Waals surface area contributed by atoms with Crippen molar-refractivity contribution in [3.63, 3.8) is 0 Å². The number of nitrogens with zero attached hydrogens (tertiary/aromatic N) is 4. The lowest BCUT2D eigenvalue weighted by Crippen LogP contribution is -2.10. The molecule has 0 aliphatic rings. The van der Waals surface area contributed by atoms with Crippen molar-refractivity contribution in [2.75, 3.05) is 25.6 Å². The van der Waals surface area contributed by atoms with Gasteiger partial charge in [-0.15, -0.1) is 16.4 Å². The first-order valence-electron chi connectivity index (χ1n) is 8.12. The minimum Gasteiger partial charge on any atom is -0.461 e. The van der Waals surface area contributed by atoms with Crippen LogP contribution >= 0.6 is 11.3 Å². The van der Waals surface area contributed by atoms with Crippen LogP contribution in [0, 0.1) is 13.8 Å². The van der Waals surface area contributed by atoms with E-state index in [1.807, 2.05) is 12.1 Å². The van der Waals surface area contributed by atoms with Crippen molar-refractivity contribution in [3.05, 3.63) is 28.8 Å². The molecule has 0 aliphatic carbocycles. The lowest BCUT2D eigenvalue weighted by molar-refractivity contribution is 0.197. The Morgan fingerprint density at radius 1 is 1.32 bits per heavy atom.